The molecule has 3 rings (SSSR count). The Morgan fingerprint density at radius 3 is 2.52 bits per heavy atom. The van der Waals surface area contributed by atoms with Gasteiger partial charge in [-0.1, -0.05) is 68.5 Å². The van der Waals surface area contributed by atoms with Gasteiger partial charge in [-0.2, -0.15) is 0 Å². The van der Waals surface area contributed by atoms with Gasteiger partial charge >= 0.3 is 0 Å². The molecule has 0 radical (unpaired) electrons. The number of methoxy groups -OCH3 is 1. The molecule has 1 aromatic carbocycles. The number of hydrogen-bond donors (Lipinski definition) is 2. The van der Waals surface area contributed by atoms with Gasteiger partial charge in [0.25, 0.3) is 0 Å². The third-order valence-electron chi connectivity index (χ3n) is 5.95. The molecule has 152 valence electrons. The second kappa shape index (κ2) is 8.31. The molecule has 1 aromatic heterocycles. The van der Waals surface area contributed by atoms with Crippen LogP contribution < -0.4 is 10.5 Å². The van der Waals surface area contributed by atoms with E-state index in [9.17, 15) is 9.90 Å². The summed E-state index contributed by atoms with van der Waals surface area (Å²) in [5.41, 5.74) is 7.00. The number of aliphatic hydroxyl groups is 1. The van der Waals surface area contributed by atoms with Crippen molar-refractivity contribution < 1.29 is 14.6 Å². The summed E-state index contributed by atoms with van der Waals surface area (Å²) in [6.45, 7) is 4.12. The Morgan fingerprint density at radius 1 is 1.17 bits per heavy atom. The van der Waals surface area contributed by atoms with E-state index in [1.807, 2.05) is 62.4 Å². The van der Waals surface area contributed by atoms with E-state index in [4.69, 9.17) is 10.5 Å². The molecule has 2 aromatic rings. The zero-order valence-electron chi connectivity index (χ0n) is 17.2. The Hall–Kier alpha value is -2.76. The Morgan fingerprint density at radius 2 is 1.90 bits per heavy atom. The minimum atomic E-state index is -1.14. The third-order valence-corrected chi connectivity index (χ3v) is 5.95. The third kappa shape index (κ3) is 3.52. The molecule has 5 nitrogen and oxygen atoms in total. The van der Waals surface area contributed by atoms with Crippen molar-refractivity contribution in [1.82, 2.24) is 4.98 Å². The minimum Gasteiger partial charge on any atom is -0.481 e. The Kier molecular flexibility index (Phi) is 6.01. The van der Waals surface area contributed by atoms with Crippen molar-refractivity contribution in [3.8, 4) is 5.88 Å². The SMILES string of the molecule is COc1nc(C(=O)C2(CO)C=CC=C(c3ccccc3)C2(C)C)ccc1CCN. The zero-order valence-corrected chi connectivity index (χ0v) is 17.2. The molecular weight excluding hydrogens is 364 g/mol. The Bertz CT molecular complexity index is 948. The first-order valence-corrected chi connectivity index (χ1v) is 9.76. The Balaban J connectivity index is 2.07. The van der Waals surface area contributed by atoms with Crippen molar-refractivity contribution in [2.75, 3.05) is 20.3 Å². The van der Waals surface area contributed by atoms with Crippen LogP contribution in [0.25, 0.3) is 5.57 Å². The molecule has 1 atom stereocenters. The fraction of sp³-hybridized carbons (Fsp3) is 0.333. The van der Waals surface area contributed by atoms with E-state index in [1.54, 1.807) is 12.1 Å². The molecule has 5 heteroatoms. The maximum Gasteiger partial charge on any atom is 0.216 e. The standard InChI is InChI=1S/C24H28N2O3/c1-23(2)19(17-8-5-4-6-9-17)10-7-14-24(23,16-27)21(28)20-12-11-18(13-15-25)22(26-20)29-3/h4-12,14,27H,13,15-16,25H2,1-3H3. The van der Waals surface area contributed by atoms with E-state index in [-0.39, 0.29) is 18.1 Å². The lowest BCUT2D eigenvalue weighted by molar-refractivity contribution is 0.0517. The molecule has 29 heavy (non-hydrogen) atoms. The topological polar surface area (TPSA) is 85.4 Å². The average molecular weight is 392 g/mol. The summed E-state index contributed by atoms with van der Waals surface area (Å²) in [5.74, 6) is 0.159. The van der Waals surface area contributed by atoms with Crippen LogP contribution >= 0.6 is 0 Å². The van der Waals surface area contributed by atoms with Gasteiger partial charge in [-0.3, -0.25) is 4.79 Å². The van der Waals surface area contributed by atoms with E-state index in [1.165, 1.54) is 7.11 Å². The number of hydrogen-bond acceptors (Lipinski definition) is 5. The van der Waals surface area contributed by atoms with E-state index < -0.39 is 10.8 Å². The predicted molar refractivity (Wildman–Crippen MR) is 115 cm³/mol. The first-order valence-electron chi connectivity index (χ1n) is 9.76. The number of Topliss-reactive ketones (excluding diaryl/α,β-unsaturated/α-hetero) is 1. The summed E-state index contributed by atoms with van der Waals surface area (Å²) in [6.07, 6.45) is 6.27. The van der Waals surface area contributed by atoms with Crippen LogP contribution in [0.3, 0.4) is 0 Å². The van der Waals surface area contributed by atoms with Crippen molar-refractivity contribution in [3.63, 3.8) is 0 Å². The number of carbonyl (C=O) groups excluding carboxylic acids is 1. The highest BCUT2D eigenvalue weighted by Gasteiger charge is 2.52. The monoisotopic (exact) mass is 392 g/mol. The number of aromatic nitrogens is 1. The van der Waals surface area contributed by atoms with Crippen LogP contribution in [-0.2, 0) is 6.42 Å². The Labute approximate surface area is 171 Å². The number of benzene rings is 1. The van der Waals surface area contributed by atoms with Gasteiger partial charge in [0.2, 0.25) is 5.88 Å². The molecule has 0 aliphatic heterocycles. The number of ketones is 1. The van der Waals surface area contributed by atoms with Gasteiger partial charge in [0.15, 0.2) is 5.78 Å². The predicted octanol–water partition coefficient (Wildman–Crippen LogP) is 3.43. The molecule has 0 saturated carbocycles. The van der Waals surface area contributed by atoms with Crippen molar-refractivity contribution in [2.45, 2.75) is 20.3 Å². The molecule has 0 fully saturated rings. The number of aliphatic hydroxyl groups excluding tert-OH is 1. The average Bonchev–Trinajstić information content (AvgIpc) is 2.74. The quantitative estimate of drug-likeness (QED) is 0.705. The summed E-state index contributed by atoms with van der Waals surface area (Å²) in [6, 6.07) is 13.4. The van der Waals surface area contributed by atoms with Gasteiger partial charge in [-0.25, -0.2) is 4.98 Å². The first kappa shape index (κ1) is 21.0. The number of nitrogens with zero attached hydrogens (tertiary/aromatic N) is 1. The first-order chi connectivity index (χ1) is 13.9. The van der Waals surface area contributed by atoms with E-state index >= 15 is 0 Å². The maximum atomic E-state index is 13.7. The van der Waals surface area contributed by atoms with Gasteiger partial charge in [-0.15, -0.1) is 0 Å². The highest BCUT2D eigenvalue weighted by Crippen LogP contribution is 2.53. The number of pyridine rings is 1. The smallest absolute Gasteiger partial charge is 0.216 e. The maximum absolute atomic E-state index is 13.7. The lowest BCUT2D eigenvalue weighted by Gasteiger charge is -2.46. The number of allylic oxidation sites excluding steroid dienone is 3. The van der Waals surface area contributed by atoms with Crippen LogP contribution in [0.15, 0.2) is 60.7 Å². The lowest BCUT2D eigenvalue weighted by Crippen LogP contribution is -2.48. The van der Waals surface area contributed by atoms with Crippen LogP contribution in [0.2, 0.25) is 0 Å². The summed E-state index contributed by atoms with van der Waals surface area (Å²) < 4.78 is 5.37. The highest BCUT2D eigenvalue weighted by molar-refractivity contribution is 6.03. The largest absolute Gasteiger partial charge is 0.481 e. The van der Waals surface area contributed by atoms with Gasteiger partial charge in [0.1, 0.15) is 5.69 Å². The molecule has 0 spiro atoms. The van der Waals surface area contributed by atoms with Crippen LogP contribution in [0, 0.1) is 10.8 Å². The zero-order chi connectivity index (χ0) is 21.1. The molecule has 1 heterocycles. The van der Waals surface area contributed by atoms with Crippen molar-refractivity contribution in [2.24, 2.45) is 16.6 Å². The second-order valence-electron chi connectivity index (χ2n) is 7.79. The molecule has 1 aliphatic carbocycles. The molecule has 1 unspecified atom stereocenters. The summed E-state index contributed by atoms with van der Waals surface area (Å²) in [5, 5.41) is 10.5. The van der Waals surface area contributed by atoms with Crippen LogP contribution in [-0.4, -0.2) is 36.1 Å². The summed E-state index contributed by atoms with van der Waals surface area (Å²) in [4.78, 5) is 18.2. The van der Waals surface area contributed by atoms with Gasteiger partial charge in [0, 0.05) is 11.0 Å². The number of nitrogens with two attached hydrogens (primary N) is 1. The van der Waals surface area contributed by atoms with Crippen LogP contribution in [0.4, 0.5) is 0 Å². The van der Waals surface area contributed by atoms with Gasteiger partial charge in [0.05, 0.1) is 19.1 Å². The van der Waals surface area contributed by atoms with Crippen molar-refractivity contribution in [1.29, 1.82) is 0 Å². The van der Waals surface area contributed by atoms with E-state index in [2.05, 4.69) is 4.98 Å². The number of carbonyl (C=O) groups is 1. The fourth-order valence-electron chi connectivity index (χ4n) is 4.07. The normalized spacial score (nSPS) is 20.2. The summed E-state index contributed by atoms with van der Waals surface area (Å²) in [7, 11) is 1.53. The molecule has 0 bridgehead atoms. The summed E-state index contributed by atoms with van der Waals surface area (Å²) >= 11 is 0. The molecule has 0 amide bonds. The molecule has 1 aliphatic rings. The van der Waals surface area contributed by atoms with Crippen LogP contribution in [0.5, 0.6) is 5.88 Å². The van der Waals surface area contributed by atoms with Crippen molar-refractivity contribution in [3.05, 3.63) is 77.5 Å². The van der Waals surface area contributed by atoms with Crippen molar-refractivity contribution >= 4 is 11.4 Å². The fourth-order valence-corrected chi connectivity index (χ4v) is 4.07. The molecule has 0 saturated heterocycles. The highest BCUT2D eigenvalue weighted by atomic mass is 16.5. The van der Waals surface area contributed by atoms with Crippen LogP contribution in [0.1, 0.15) is 35.5 Å². The van der Waals surface area contributed by atoms with Gasteiger partial charge < -0.3 is 15.6 Å². The number of ether oxygens (including phenoxy) is 1. The van der Waals surface area contributed by atoms with E-state index in [0.29, 0.717) is 18.8 Å². The molecular formula is C24H28N2O3. The minimum absolute atomic E-state index is 0.236. The molecule has 3 N–H and O–H groups in total. The lowest BCUT2D eigenvalue weighted by atomic mass is 9.56. The van der Waals surface area contributed by atoms with E-state index in [0.717, 1.165) is 16.7 Å². The van der Waals surface area contributed by atoms with Gasteiger partial charge in [-0.05, 0) is 30.2 Å². The second-order valence-corrected chi connectivity index (χ2v) is 7.79. The number of rotatable bonds is 7.